The molecule has 7 heteroatoms. The molecule has 0 aliphatic carbocycles. The summed E-state index contributed by atoms with van der Waals surface area (Å²) in [6, 6.07) is 11.0. The van der Waals surface area contributed by atoms with Crippen molar-refractivity contribution in [2.75, 3.05) is 6.54 Å². The van der Waals surface area contributed by atoms with Gasteiger partial charge in [-0.1, -0.05) is 18.2 Å². The molecular formula is C21H19N5O2. The number of rotatable bonds is 4. The van der Waals surface area contributed by atoms with Gasteiger partial charge in [0.05, 0.1) is 24.3 Å². The molecule has 0 saturated carbocycles. The number of imidazole rings is 1. The van der Waals surface area contributed by atoms with Gasteiger partial charge in [-0.05, 0) is 18.2 Å². The molecule has 1 aromatic carbocycles. The van der Waals surface area contributed by atoms with Gasteiger partial charge in [-0.2, -0.15) is 0 Å². The maximum absolute atomic E-state index is 10.2. The van der Waals surface area contributed by atoms with Crippen LogP contribution in [0, 0.1) is 0 Å². The Labute approximate surface area is 161 Å². The van der Waals surface area contributed by atoms with Gasteiger partial charge in [0, 0.05) is 48.7 Å². The molecule has 0 bridgehead atoms. The van der Waals surface area contributed by atoms with Crippen molar-refractivity contribution in [1.82, 2.24) is 24.8 Å². The molecule has 1 aliphatic heterocycles. The number of phenols is 1. The first-order chi connectivity index (χ1) is 13.8. The SMILES string of the molecule is Oc1ccccc1CN1CCc2[nH]cnc2[C@H]1c1cnc(-c2ccco2)nc1. The quantitative estimate of drug-likeness (QED) is 0.570. The molecule has 2 N–H and O–H groups in total. The van der Waals surface area contributed by atoms with Crippen molar-refractivity contribution in [2.24, 2.45) is 0 Å². The minimum atomic E-state index is -0.0831. The number of para-hydroxylation sites is 1. The van der Waals surface area contributed by atoms with Gasteiger partial charge < -0.3 is 14.5 Å². The van der Waals surface area contributed by atoms with E-state index in [9.17, 15) is 5.11 Å². The predicted octanol–water partition coefficient (Wildman–Crippen LogP) is 3.31. The van der Waals surface area contributed by atoms with E-state index < -0.39 is 0 Å². The van der Waals surface area contributed by atoms with Crippen molar-refractivity contribution in [3.05, 3.63) is 83.9 Å². The molecule has 0 saturated heterocycles. The fourth-order valence-corrected chi connectivity index (χ4v) is 3.74. The minimum Gasteiger partial charge on any atom is -0.508 e. The molecule has 28 heavy (non-hydrogen) atoms. The summed E-state index contributed by atoms with van der Waals surface area (Å²) >= 11 is 0. The molecule has 0 unspecified atom stereocenters. The molecule has 0 fully saturated rings. The third-order valence-electron chi connectivity index (χ3n) is 5.12. The van der Waals surface area contributed by atoms with E-state index in [1.807, 2.05) is 42.7 Å². The second kappa shape index (κ2) is 6.94. The Balaban J connectivity index is 1.51. The van der Waals surface area contributed by atoms with Crippen molar-refractivity contribution in [3.8, 4) is 17.3 Å². The predicted molar refractivity (Wildman–Crippen MR) is 102 cm³/mol. The van der Waals surface area contributed by atoms with Crippen LogP contribution in [-0.4, -0.2) is 36.5 Å². The number of hydrogen-bond donors (Lipinski definition) is 2. The highest BCUT2D eigenvalue weighted by atomic mass is 16.3. The van der Waals surface area contributed by atoms with E-state index in [1.165, 1.54) is 0 Å². The summed E-state index contributed by atoms with van der Waals surface area (Å²) in [5, 5.41) is 10.2. The Morgan fingerprint density at radius 2 is 1.96 bits per heavy atom. The van der Waals surface area contributed by atoms with E-state index in [1.54, 1.807) is 18.7 Å². The van der Waals surface area contributed by atoms with E-state index in [-0.39, 0.29) is 6.04 Å². The lowest BCUT2D eigenvalue weighted by Crippen LogP contribution is -2.36. The van der Waals surface area contributed by atoms with Crippen LogP contribution in [-0.2, 0) is 13.0 Å². The average molecular weight is 373 g/mol. The van der Waals surface area contributed by atoms with Gasteiger partial charge in [-0.25, -0.2) is 15.0 Å². The Kier molecular flexibility index (Phi) is 4.14. The number of phenolic OH excluding ortho intramolecular Hbond substituents is 1. The Bertz CT molecular complexity index is 1070. The Morgan fingerprint density at radius 1 is 1.11 bits per heavy atom. The largest absolute Gasteiger partial charge is 0.508 e. The van der Waals surface area contributed by atoms with Crippen LogP contribution in [0.3, 0.4) is 0 Å². The first-order valence-electron chi connectivity index (χ1n) is 9.18. The fraction of sp³-hybridized carbons (Fsp3) is 0.190. The molecule has 1 aliphatic rings. The third-order valence-corrected chi connectivity index (χ3v) is 5.12. The number of benzene rings is 1. The smallest absolute Gasteiger partial charge is 0.195 e. The molecule has 5 rings (SSSR count). The van der Waals surface area contributed by atoms with E-state index >= 15 is 0 Å². The molecule has 140 valence electrons. The summed E-state index contributed by atoms with van der Waals surface area (Å²) in [7, 11) is 0. The number of hydrogen-bond acceptors (Lipinski definition) is 6. The van der Waals surface area contributed by atoms with E-state index in [0.29, 0.717) is 23.9 Å². The molecule has 3 aromatic heterocycles. The molecule has 0 radical (unpaired) electrons. The summed E-state index contributed by atoms with van der Waals surface area (Å²) in [5.41, 5.74) is 3.96. The van der Waals surface area contributed by atoms with Gasteiger partial charge in [0.25, 0.3) is 0 Å². The van der Waals surface area contributed by atoms with Crippen LogP contribution in [0.15, 0.2) is 65.8 Å². The van der Waals surface area contributed by atoms with Crippen LogP contribution in [0.25, 0.3) is 11.6 Å². The highest BCUT2D eigenvalue weighted by molar-refractivity contribution is 5.46. The monoisotopic (exact) mass is 373 g/mol. The van der Waals surface area contributed by atoms with E-state index in [4.69, 9.17) is 4.42 Å². The Hall–Kier alpha value is -3.45. The van der Waals surface area contributed by atoms with Gasteiger partial charge in [0.15, 0.2) is 11.6 Å². The number of furan rings is 1. The standard InChI is InChI=1S/C21H19N5O2/c27-17-5-2-1-4-14(17)12-26-8-7-16-19(25-13-24-16)20(26)15-10-22-21(23-11-15)18-6-3-9-28-18/h1-6,9-11,13,20,27H,7-8,12H2,(H,24,25)/t20-/m1/s1. The Morgan fingerprint density at radius 3 is 2.75 bits per heavy atom. The van der Waals surface area contributed by atoms with Crippen molar-refractivity contribution < 1.29 is 9.52 Å². The number of aromatic nitrogens is 4. The van der Waals surface area contributed by atoms with Gasteiger partial charge in [0.2, 0.25) is 0 Å². The zero-order valence-corrected chi connectivity index (χ0v) is 15.1. The fourth-order valence-electron chi connectivity index (χ4n) is 3.74. The van der Waals surface area contributed by atoms with Crippen LogP contribution >= 0.6 is 0 Å². The normalized spacial score (nSPS) is 16.8. The second-order valence-electron chi connectivity index (χ2n) is 6.84. The molecule has 0 spiro atoms. The number of fused-ring (bicyclic) bond motifs is 1. The van der Waals surface area contributed by atoms with E-state index in [0.717, 1.165) is 35.5 Å². The first-order valence-corrected chi connectivity index (χ1v) is 9.18. The highest BCUT2D eigenvalue weighted by Crippen LogP contribution is 2.35. The molecule has 7 nitrogen and oxygen atoms in total. The van der Waals surface area contributed by atoms with Crippen molar-refractivity contribution >= 4 is 0 Å². The molecule has 0 amide bonds. The number of H-pyrrole nitrogens is 1. The minimum absolute atomic E-state index is 0.0831. The summed E-state index contributed by atoms with van der Waals surface area (Å²) in [4.78, 5) is 19.1. The summed E-state index contributed by atoms with van der Waals surface area (Å²) in [6.45, 7) is 1.46. The number of nitrogens with zero attached hydrogens (tertiary/aromatic N) is 4. The number of aromatic hydroxyl groups is 1. The molecule has 1 atom stereocenters. The second-order valence-corrected chi connectivity index (χ2v) is 6.84. The zero-order valence-electron chi connectivity index (χ0n) is 15.1. The summed E-state index contributed by atoms with van der Waals surface area (Å²) in [6.07, 6.45) is 7.89. The lowest BCUT2D eigenvalue weighted by molar-refractivity contribution is 0.197. The highest BCUT2D eigenvalue weighted by Gasteiger charge is 2.32. The van der Waals surface area contributed by atoms with Crippen molar-refractivity contribution in [3.63, 3.8) is 0 Å². The summed E-state index contributed by atoms with van der Waals surface area (Å²) in [5.74, 6) is 1.50. The van der Waals surface area contributed by atoms with Gasteiger partial charge in [-0.15, -0.1) is 0 Å². The lowest BCUT2D eigenvalue weighted by atomic mass is 9.97. The molecule has 4 aromatic rings. The van der Waals surface area contributed by atoms with Crippen molar-refractivity contribution in [1.29, 1.82) is 0 Å². The summed E-state index contributed by atoms with van der Waals surface area (Å²) < 4.78 is 5.38. The van der Waals surface area contributed by atoms with Crippen molar-refractivity contribution in [2.45, 2.75) is 19.0 Å². The first kappa shape index (κ1) is 16.7. The van der Waals surface area contributed by atoms with Crippen LogP contribution in [0.5, 0.6) is 5.75 Å². The van der Waals surface area contributed by atoms with Crippen LogP contribution < -0.4 is 0 Å². The number of aromatic amines is 1. The van der Waals surface area contributed by atoms with Gasteiger partial charge in [-0.3, -0.25) is 4.90 Å². The van der Waals surface area contributed by atoms with Crippen LogP contribution in [0.1, 0.15) is 28.6 Å². The maximum Gasteiger partial charge on any atom is 0.195 e. The molecular weight excluding hydrogens is 354 g/mol. The third kappa shape index (κ3) is 2.95. The van der Waals surface area contributed by atoms with E-state index in [2.05, 4.69) is 24.8 Å². The van der Waals surface area contributed by atoms with Gasteiger partial charge >= 0.3 is 0 Å². The topological polar surface area (TPSA) is 91.1 Å². The van der Waals surface area contributed by atoms with Gasteiger partial charge in [0.1, 0.15) is 5.75 Å². The number of nitrogens with one attached hydrogen (secondary N) is 1. The lowest BCUT2D eigenvalue weighted by Gasteiger charge is -2.35. The molecule has 4 heterocycles. The van der Waals surface area contributed by atoms with Crippen LogP contribution in [0.4, 0.5) is 0 Å². The maximum atomic E-state index is 10.2. The average Bonchev–Trinajstić information content (AvgIpc) is 3.42. The zero-order chi connectivity index (χ0) is 18.9. The van der Waals surface area contributed by atoms with Crippen LogP contribution in [0.2, 0.25) is 0 Å².